The normalized spacial score (nSPS) is 10.2. The van der Waals surface area contributed by atoms with Gasteiger partial charge in [-0.05, 0) is 46.3 Å². The lowest BCUT2D eigenvalue weighted by Crippen LogP contribution is -2.12. The van der Waals surface area contributed by atoms with Crippen molar-refractivity contribution in [2.24, 2.45) is 0 Å². The van der Waals surface area contributed by atoms with E-state index in [0.717, 1.165) is 0 Å². The van der Waals surface area contributed by atoms with Crippen molar-refractivity contribution in [1.29, 1.82) is 0 Å². The monoisotopic (exact) mass is 357 g/mol. The van der Waals surface area contributed by atoms with Gasteiger partial charge in [0.1, 0.15) is 0 Å². The molecule has 0 aliphatic rings. The van der Waals surface area contributed by atoms with E-state index in [-0.39, 0.29) is 11.7 Å². The van der Waals surface area contributed by atoms with Crippen LogP contribution in [0.15, 0.2) is 40.9 Å². The van der Waals surface area contributed by atoms with Crippen molar-refractivity contribution >= 4 is 39.1 Å². The summed E-state index contributed by atoms with van der Waals surface area (Å²) in [5.41, 5.74) is 0.761. The van der Waals surface area contributed by atoms with E-state index in [1.54, 1.807) is 24.3 Å². The van der Waals surface area contributed by atoms with Gasteiger partial charge in [0.25, 0.3) is 5.91 Å². The van der Waals surface area contributed by atoms with Gasteiger partial charge in [0.05, 0.1) is 12.1 Å². The zero-order chi connectivity index (χ0) is 14.7. The summed E-state index contributed by atoms with van der Waals surface area (Å²) in [5.74, 6) is -0.772. The van der Waals surface area contributed by atoms with Crippen molar-refractivity contribution in [1.82, 2.24) is 0 Å². The predicted octanol–water partition coefficient (Wildman–Crippen LogP) is 4.50. The molecular weight excluding hydrogens is 349 g/mol. The molecule has 0 spiro atoms. The van der Waals surface area contributed by atoms with Crippen LogP contribution in [-0.2, 0) is 0 Å². The molecule has 0 saturated heterocycles. The molecule has 6 heteroatoms. The summed E-state index contributed by atoms with van der Waals surface area (Å²) in [6.07, 6.45) is 0. The average molecular weight is 359 g/mol. The van der Waals surface area contributed by atoms with E-state index < -0.39 is 5.82 Å². The summed E-state index contributed by atoms with van der Waals surface area (Å²) in [5, 5.41) is 3.11. The van der Waals surface area contributed by atoms with Gasteiger partial charge in [0.2, 0.25) is 0 Å². The minimum atomic E-state index is -0.539. The average Bonchev–Trinajstić information content (AvgIpc) is 2.42. The number of nitrogens with one attached hydrogen (secondary N) is 1. The molecule has 0 unspecified atom stereocenters. The molecule has 0 aliphatic heterocycles. The summed E-state index contributed by atoms with van der Waals surface area (Å²) in [4.78, 5) is 12.0. The van der Waals surface area contributed by atoms with Gasteiger partial charge in [-0.3, -0.25) is 4.79 Å². The van der Waals surface area contributed by atoms with Crippen LogP contribution >= 0.6 is 27.5 Å². The molecule has 0 fully saturated rings. The Labute approximate surface area is 128 Å². The Balaban J connectivity index is 2.19. The molecule has 2 aromatic carbocycles. The first-order valence-corrected chi connectivity index (χ1v) is 6.78. The smallest absolute Gasteiger partial charge is 0.255 e. The van der Waals surface area contributed by atoms with Crippen molar-refractivity contribution in [2.75, 3.05) is 12.4 Å². The van der Waals surface area contributed by atoms with Gasteiger partial charge in [-0.1, -0.05) is 11.6 Å². The second kappa shape index (κ2) is 6.24. The SMILES string of the molecule is COc1ccc(NC(=O)c2ccc(Cl)c(Br)c2)cc1F. The maximum absolute atomic E-state index is 13.5. The minimum absolute atomic E-state index is 0.122. The summed E-state index contributed by atoms with van der Waals surface area (Å²) in [6.45, 7) is 0. The first-order chi connectivity index (χ1) is 9.51. The number of methoxy groups -OCH3 is 1. The topological polar surface area (TPSA) is 38.3 Å². The van der Waals surface area contributed by atoms with Crippen LogP contribution in [0.25, 0.3) is 0 Å². The molecule has 20 heavy (non-hydrogen) atoms. The quantitative estimate of drug-likeness (QED) is 0.877. The number of benzene rings is 2. The van der Waals surface area contributed by atoms with Crippen LogP contribution < -0.4 is 10.1 Å². The van der Waals surface area contributed by atoms with Gasteiger partial charge in [-0.15, -0.1) is 0 Å². The van der Waals surface area contributed by atoms with E-state index in [4.69, 9.17) is 16.3 Å². The molecule has 104 valence electrons. The number of rotatable bonds is 3. The van der Waals surface area contributed by atoms with E-state index >= 15 is 0 Å². The molecule has 0 atom stereocenters. The van der Waals surface area contributed by atoms with Crippen LogP contribution in [0.3, 0.4) is 0 Å². The van der Waals surface area contributed by atoms with Crippen molar-refractivity contribution in [3.63, 3.8) is 0 Å². The maximum atomic E-state index is 13.5. The second-order valence-electron chi connectivity index (χ2n) is 3.93. The standard InChI is InChI=1S/C14H10BrClFNO2/c1-20-13-5-3-9(7-12(13)17)18-14(19)8-2-4-11(16)10(15)6-8/h2-7H,1H3,(H,18,19). The number of carbonyl (C=O) groups is 1. The highest BCUT2D eigenvalue weighted by atomic mass is 79.9. The molecule has 1 amide bonds. The molecular formula is C14H10BrClFNO2. The molecule has 2 aromatic rings. The number of halogens is 3. The third kappa shape index (κ3) is 3.29. The Kier molecular flexibility index (Phi) is 4.62. The molecule has 0 bridgehead atoms. The Morgan fingerprint density at radius 2 is 2.05 bits per heavy atom. The van der Waals surface area contributed by atoms with Crippen LogP contribution in [0.1, 0.15) is 10.4 Å². The zero-order valence-corrected chi connectivity index (χ0v) is 12.8. The number of anilines is 1. The summed E-state index contributed by atoms with van der Waals surface area (Å²) >= 11 is 9.10. The molecule has 0 aliphatic carbocycles. The fourth-order valence-electron chi connectivity index (χ4n) is 1.58. The van der Waals surface area contributed by atoms with Crippen LogP contribution in [-0.4, -0.2) is 13.0 Å². The lowest BCUT2D eigenvalue weighted by atomic mass is 10.2. The predicted molar refractivity (Wildman–Crippen MR) is 80.1 cm³/mol. The fourth-order valence-corrected chi connectivity index (χ4v) is 2.08. The minimum Gasteiger partial charge on any atom is -0.494 e. The van der Waals surface area contributed by atoms with Crippen molar-refractivity contribution < 1.29 is 13.9 Å². The van der Waals surface area contributed by atoms with Crippen molar-refractivity contribution in [3.8, 4) is 5.75 Å². The lowest BCUT2D eigenvalue weighted by molar-refractivity contribution is 0.102. The van der Waals surface area contributed by atoms with Crippen LogP contribution in [0.5, 0.6) is 5.75 Å². The maximum Gasteiger partial charge on any atom is 0.255 e. The van der Waals surface area contributed by atoms with Gasteiger partial charge in [0, 0.05) is 21.8 Å². The number of amides is 1. The van der Waals surface area contributed by atoms with Crippen LogP contribution in [0, 0.1) is 5.82 Å². The highest BCUT2D eigenvalue weighted by Crippen LogP contribution is 2.24. The Morgan fingerprint density at radius 3 is 2.65 bits per heavy atom. The van der Waals surface area contributed by atoms with Crippen molar-refractivity contribution in [3.05, 3.63) is 57.3 Å². The Morgan fingerprint density at radius 1 is 1.30 bits per heavy atom. The third-order valence-corrected chi connectivity index (χ3v) is 3.81. The number of hydrogen-bond acceptors (Lipinski definition) is 2. The molecule has 0 radical (unpaired) electrons. The van der Waals surface area contributed by atoms with Gasteiger partial charge in [-0.2, -0.15) is 0 Å². The van der Waals surface area contributed by atoms with E-state index in [0.29, 0.717) is 20.7 Å². The first-order valence-electron chi connectivity index (χ1n) is 5.61. The highest BCUT2D eigenvalue weighted by molar-refractivity contribution is 9.10. The largest absolute Gasteiger partial charge is 0.494 e. The molecule has 3 nitrogen and oxygen atoms in total. The van der Waals surface area contributed by atoms with Crippen molar-refractivity contribution in [2.45, 2.75) is 0 Å². The van der Waals surface area contributed by atoms with Crippen LogP contribution in [0.4, 0.5) is 10.1 Å². The molecule has 2 rings (SSSR count). The van der Waals surface area contributed by atoms with Gasteiger partial charge >= 0.3 is 0 Å². The third-order valence-electron chi connectivity index (χ3n) is 2.59. The Hall–Kier alpha value is -1.59. The van der Waals surface area contributed by atoms with Crippen LogP contribution in [0.2, 0.25) is 5.02 Å². The molecule has 0 aromatic heterocycles. The number of ether oxygens (including phenoxy) is 1. The molecule has 1 N–H and O–H groups in total. The summed E-state index contributed by atoms with van der Waals surface area (Å²) in [6, 6.07) is 8.99. The van der Waals surface area contributed by atoms with E-state index in [1.165, 1.54) is 19.2 Å². The molecule has 0 saturated carbocycles. The van der Waals surface area contributed by atoms with E-state index in [9.17, 15) is 9.18 Å². The highest BCUT2D eigenvalue weighted by Gasteiger charge is 2.10. The van der Waals surface area contributed by atoms with Gasteiger partial charge in [0.15, 0.2) is 11.6 Å². The van der Waals surface area contributed by atoms with E-state index in [2.05, 4.69) is 21.2 Å². The number of carbonyl (C=O) groups excluding carboxylic acids is 1. The van der Waals surface area contributed by atoms with E-state index in [1.807, 2.05) is 0 Å². The number of hydrogen-bond donors (Lipinski definition) is 1. The summed E-state index contributed by atoms with van der Waals surface area (Å²) in [7, 11) is 1.38. The fraction of sp³-hybridized carbons (Fsp3) is 0.0714. The Bertz CT molecular complexity index is 664. The zero-order valence-electron chi connectivity index (χ0n) is 10.4. The molecule has 0 heterocycles. The lowest BCUT2D eigenvalue weighted by Gasteiger charge is -2.08. The van der Waals surface area contributed by atoms with Gasteiger partial charge < -0.3 is 10.1 Å². The van der Waals surface area contributed by atoms with Gasteiger partial charge in [-0.25, -0.2) is 4.39 Å². The first kappa shape index (κ1) is 14.8. The second-order valence-corrected chi connectivity index (χ2v) is 5.19. The summed E-state index contributed by atoms with van der Waals surface area (Å²) < 4.78 is 18.9.